The van der Waals surface area contributed by atoms with Crippen LogP contribution in [0.3, 0.4) is 0 Å². The number of ether oxygens (including phenoxy) is 1. The molecule has 0 fully saturated rings. The Morgan fingerprint density at radius 2 is 1.76 bits per heavy atom. The lowest BCUT2D eigenvalue weighted by Gasteiger charge is -2.25. The molecule has 150 valence electrons. The summed E-state index contributed by atoms with van der Waals surface area (Å²) in [5.74, 6) is 0.816. The molecule has 0 spiro atoms. The maximum absolute atomic E-state index is 13.4. The van der Waals surface area contributed by atoms with Gasteiger partial charge in [0.05, 0.1) is 14.2 Å². The van der Waals surface area contributed by atoms with Crippen LogP contribution in [0, 0.1) is 13.8 Å². The van der Waals surface area contributed by atoms with E-state index in [4.69, 9.17) is 4.74 Å². The Bertz CT molecular complexity index is 970. The van der Waals surface area contributed by atoms with Crippen molar-refractivity contribution in [2.24, 2.45) is 0 Å². The van der Waals surface area contributed by atoms with E-state index in [1.54, 1.807) is 7.11 Å². The molecule has 0 aliphatic carbocycles. The highest BCUT2D eigenvalue weighted by molar-refractivity contribution is 5.95. The third-order valence-corrected chi connectivity index (χ3v) is 5.16. The number of amides is 1. The minimum atomic E-state index is -0.331. The van der Waals surface area contributed by atoms with E-state index < -0.39 is 0 Å². The van der Waals surface area contributed by atoms with Gasteiger partial charge < -0.3 is 15.0 Å². The summed E-state index contributed by atoms with van der Waals surface area (Å²) in [5, 5.41) is 3.15. The predicted molar refractivity (Wildman–Crippen MR) is 117 cm³/mol. The van der Waals surface area contributed by atoms with E-state index in [9.17, 15) is 4.79 Å². The van der Waals surface area contributed by atoms with Crippen LogP contribution >= 0.6 is 0 Å². The van der Waals surface area contributed by atoms with Gasteiger partial charge in [0.25, 0.3) is 5.91 Å². The second kappa shape index (κ2) is 9.39. The fourth-order valence-electron chi connectivity index (χ4n) is 3.59. The summed E-state index contributed by atoms with van der Waals surface area (Å²) >= 11 is 0. The number of aryl methyl sites for hydroxylation is 2. The lowest BCUT2D eigenvalue weighted by Crippen LogP contribution is -3.09. The van der Waals surface area contributed by atoms with Crippen LogP contribution in [0.15, 0.2) is 72.8 Å². The summed E-state index contributed by atoms with van der Waals surface area (Å²) in [6.45, 7) is 4.75. The highest BCUT2D eigenvalue weighted by atomic mass is 16.5. The third kappa shape index (κ3) is 5.24. The van der Waals surface area contributed by atoms with E-state index >= 15 is 0 Å². The lowest BCUT2D eigenvalue weighted by atomic mass is 10.0. The van der Waals surface area contributed by atoms with E-state index in [1.807, 2.05) is 74.5 Å². The SMILES string of the molecule is COc1cccc(C[NH+](C)[C@@H](C(=O)Nc2cc(C)ccc2C)c2ccccc2)c1. The first-order chi connectivity index (χ1) is 14.0. The average Bonchev–Trinajstić information content (AvgIpc) is 2.72. The maximum Gasteiger partial charge on any atom is 0.287 e. The smallest absolute Gasteiger partial charge is 0.287 e. The Morgan fingerprint density at radius 3 is 2.48 bits per heavy atom. The van der Waals surface area contributed by atoms with Gasteiger partial charge in [0.1, 0.15) is 12.3 Å². The number of rotatable bonds is 7. The first kappa shape index (κ1) is 20.6. The molecule has 3 rings (SSSR count). The van der Waals surface area contributed by atoms with Crippen molar-refractivity contribution in [3.05, 3.63) is 95.1 Å². The van der Waals surface area contributed by atoms with Crippen molar-refractivity contribution < 1.29 is 14.4 Å². The van der Waals surface area contributed by atoms with E-state index in [-0.39, 0.29) is 11.9 Å². The number of carbonyl (C=O) groups excluding carboxylic acids is 1. The highest BCUT2D eigenvalue weighted by Gasteiger charge is 2.29. The van der Waals surface area contributed by atoms with Crippen molar-refractivity contribution in [1.29, 1.82) is 0 Å². The Kier molecular flexibility index (Phi) is 6.68. The zero-order chi connectivity index (χ0) is 20.8. The third-order valence-electron chi connectivity index (χ3n) is 5.16. The minimum absolute atomic E-state index is 0.00899. The molecule has 1 unspecified atom stereocenters. The molecule has 2 atom stereocenters. The summed E-state index contributed by atoms with van der Waals surface area (Å²) in [7, 11) is 3.72. The molecule has 0 aliphatic rings. The second-order valence-electron chi connectivity index (χ2n) is 7.53. The zero-order valence-corrected chi connectivity index (χ0v) is 17.5. The molecule has 0 bridgehead atoms. The van der Waals surface area contributed by atoms with Crippen molar-refractivity contribution >= 4 is 11.6 Å². The van der Waals surface area contributed by atoms with Crippen LogP contribution in [0.1, 0.15) is 28.3 Å². The monoisotopic (exact) mass is 389 g/mol. The van der Waals surface area contributed by atoms with Crippen LogP contribution < -0.4 is 15.0 Å². The van der Waals surface area contributed by atoms with Gasteiger partial charge >= 0.3 is 0 Å². The first-order valence-corrected chi connectivity index (χ1v) is 9.86. The molecule has 0 saturated heterocycles. The molecule has 3 aromatic carbocycles. The van der Waals surface area contributed by atoms with Crippen LogP contribution in [-0.4, -0.2) is 20.1 Å². The van der Waals surface area contributed by atoms with Crippen LogP contribution in [-0.2, 0) is 11.3 Å². The fraction of sp³-hybridized carbons (Fsp3) is 0.240. The largest absolute Gasteiger partial charge is 0.497 e. The standard InChI is InChI=1S/C25H28N2O2/c1-18-13-14-19(2)23(15-18)26-25(28)24(21-10-6-5-7-11-21)27(3)17-20-9-8-12-22(16-20)29-4/h5-16,24H,17H2,1-4H3,(H,26,28)/p+1/t24-/m1/s1. The summed E-state index contributed by atoms with van der Waals surface area (Å²) in [4.78, 5) is 14.5. The van der Waals surface area contributed by atoms with Gasteiger partial charge in [-0.3, -0.25) is 4.79 Å². The number of methoxy groups -OCH3 is 1. The number of nitrogens with one attached hydrogen (secondary N) is 2. The average molecular weight is 390 g/mol. The van der Waals surface area contributed by atoms with Crippen LogP contribution in [0.4, 0.5) is 5.69 Å². The van der Waals surface area contributed by atoms with E-state index in [0.29, 0.717) is 6.54 Å². The molecule has 2 N–H and O–H groups in total. The van der Waals surface area contributed by atoms with Crippen LogP contribution in [0.2, 0.25) is 0 Å². The number of carbonyl (C=O) groups is 1. The fourth-order valence-corrected chi connectivity index (χ4v) is 3.59. The van der Waals surface area contributed by atoms with E-state index in [0.717, 1.165) is 38.6 Å². The van der Waals surface area contributed by atoms with Gasteiger partial charge in [0.2, 0.25) is 0 Å². The number of likely N-dealkylation sites (N-methyl/N-ethyl adjacent to an activating group) is 1. The maximum atomic E-state index is 13.4. The Labute approximate surface area is 173 Å². The molecule has 3 aromatic rings. The molecule has 1 amide bonds. The topological polar surface area (TPSA) is 42.8 Å². The van der Waals surface area contributed by atoms with Crippen molar-refractivity contribution in [2.75, 3.05) is 19.5 Å². The van der Waals surface area contributed by atoms with Crippen LogP contribution in [0.25, 0.3) is 0 Å². The van der Waals surface area contributed by atoms with Gasteiger partial charge in [-0.05, 0) is 43.2 Å². The number of hydrogen-bond acceptors (Lipinski definition) is 2. The Morgan fingerprint density at radius 1 is 1.00 bits per heavy atom. The normalized spacial score (nSPS) is 12.8. The molecule has 4 nitrogen and oxygen atoms in total. The molecular weight excluding hydrogens is 360 g/mol. The summed E-state index contributed by atoms with van der Waals surface area (Å²) < 4.78 is 5.34. The molecule has 0 saturated carbocycles. The van der Waals surface area contributed by atoms with Gasteiger partial charge in [-0.1, -0.05) is 54.6 Å². The Hall–Kier alpha value is -3.11. The molecule has 0 heterocycles. The predicted octanol–water partition coefficient (Wildman–Crippen LogP) is 3.71. The molecule has 0 aromatic heterocycles. The van der Waals surface area contributed by atoms with Gasteiger partial charge in [-0.25, -0.2) is 0 Å². The molecule has 0 radical (unpaired) electrons. The summed E-state index contributed by atoms with van der Waals surface area (Å²) in [6.07, 6.45) is 0. The van der Waals surface area contributed by atoms with Gasteiger partial charge in [-0.15, -0.1) is 0 Å². The van der Waals surface area contributed by atoms with Crippen LogP contribution in [0.5, 0.6) is 5.75 Å². The van der Waals surface area contributed by atoms with Crippen molar-refractivity contribution in [1.82, 2.24) is 0 Å². The van der Waals surface area contributed by atoms with Gasteiger partial charge in [0, 0.05) is 16.8 Å². The van der Waals surface area contributed by atoms with E-state index in [2.05, 4.69) is 24.5 Å². The minimum Gasteiger partial charge on any atom is -0.497 e. The summed E-state index contributed by atoms with van der Waals surface area (Å²) in [5.41, 5.74) is 5.17. The highest BCUT2D eigenvalue weighted by Crippen LogP contribution is 2.19. The second-order valence-corrected chi connectivity index (χ2v) is 7.53. The summed E-state index contributed by atoms with van der Waals surface area (Å²) in [6, 6.07) is 23.7. The molecule has 29 heavy (non-hydrogen) atoms. The lowest BCUT2D eigenvalue weighted by molar-refractivity contribution is -0.915. The first-order valence-electron chi connectivity index (χ1n) is 9.86. The Balaban J connectivity index is 1.87. The molecular formula is C25H29N2O2+. The number of quaternary nitrogens is 1. The zero-order valence-electron chi connectivity index (χ0n) is 17.5. The number of hydrogen-bond donors (Lipinski definition) is 2. The quantitative estimate of drug-likeness (QED) is 0.647. The van der Waals surface area contributed by atoms with Gasteiger partial charge in [0.15, 0.2) is 6.04 Å². The van der Waals surface area contributed by atoms with Gasteiger partial charge in [-0.2, -0.15) is 0 Å². The number of anilines is 1. The van der Waals surface area contributed by atoms with Crippen molar-refractivity contribution in [2.45, 2.75) is 26.4 Å². The molecule has 0 aliphatic heterocycles. The van der Waals surface area contributed by atoms with Crippen molar-refractivity contribution in [3.8, 4) is 5.75 Å². The molecule has 4 heteroatoms. The van der Waals surface area contributed by atoms with E-state index in [1.165, 1.54) is 0 Å². The van der Waals surface area contributed by atoms with Crippen molar-refractivity contribution in [3.63, 3.8) is 0 Å². The number of benzene rings is 3.